The summed E-state index contributed by atoms with van der Waals surface area (Å²) in [7, 11) is 0. The van der Waals surface area contributed by atoms with Crippen LogP contribution in [0.15, 0.2) is 12.2 Å². The predicted molar refractivity (Wildman–Crippen MR) is 39.2 cm³/mol. The zero-order valence-corrected chi connectivity index (χ0v) is 5.90. The lowest BCUT2D eigenvalue weighted by atomic mass is 9.89. The standard InChI is InChI=1S/C9H14/c1-7-5-8-3-2-4-9(7)6-8/h8-9H,1-6H2. The molecule has 0 spiro atoms. The zero-order valence-electron chi connectivity index (χ0n) is 5.90. The Morgan fingerprint density at radius 3 is 2.89 bits per heavy atom. The van der Waals surface area contributed by atoms with Gasteiger partial charge in [-0.25, -0.2) is 0 Å². The van der Waals surface area contributed by atoms with Crippen LogP contribution in [0.4, 0.5) is 0 Å². The summed E-state index contributed by atoms with van der Waals surface area (Å²) in [6.07, 6.45) is 7.21. The lowest BCUT2D eigenvalue weighted by Gasteiger charge is -2.16. The molecular formula is C9H14. The van der Waals surface area contributed by atoms with Gasteiger partial charge in [0.05, 0.1) is 0 Å². The molecule has 2 fully saturated rings. The van der Waals surface area contributed by atoms with E-state index in [4.69, 9.17) is 0 Å². The van der Waals surface area contributed by atoms with Crippen molar-refractivity contribution in [3.63, 3.8) is 0 Å². The van der Waals surface area contributed by atoms with Gasteiger partial charge in [-0.2, -0.15) is 0 Å². The van der Waals surface area contributed by atoms with E-state index >= 15 is 0 Å². The van der Waals surface area contributed by atoms with Crippen molar-refractivity contribution < 1.29 is 0 Å². The Balaban J connectivity index is 2.15. The molecule has 0 N–H and O–H groups in total. The van der Waals surface area contributed by atoms with E-state index < -0.39 is 0 Å². The quantitative estimate of drug-likeness (QED) is 0.433. The molecule has 2 saturated carbocycles. The molecule has 0 heteroatoms. The third kappa shape index (κ3) is 0.810. The lowest BCUT2D eigenvalue weighted by Crippen LogP contribution is -2.04. The van der Waals surface area contributed by atoms with Crippen molar-refractivity contribution in [2.75, 3.05) is 0 Å². The highest BCUT2D eigenvalue weighted by Crippen LogP contribution is 2.44. The largest absolute Gasteiger partial charge is 0.0996 e. The smallest absolute Gasteiger partial charge is 0.0203 e. The number of hydrogen-bond acceptors (Lipinski definition) is 0. The summed E-state index contributed by atoms with van der Waals surface area (Å²) in [5.41, 5.74) is 1.55. The summed E-state index contributed by atoms with van der Waals surface area (Å²) in [5.74, 6) is 1.97. The molecule has 50 valence electrons. The molecule has 2 aliphatic carbocycles. The molecular weight excluding hydrogens is 108 g/mol. The molecule has 2 atom stereocenters. The molecule has 0 amide bonds. The number of rotatable bonds is 0. The van der Waals surface area contributed by atoms with Crippen molar-refractivity contribution in [1.29, 1.82) is 0 Å². The average Bonchev–Trinajstić information content (AvgIpc) is 2.09. The van der Waals surface area contributed by atoms with E-state index in [9.17, 15) is 0 Å². The van der Waals surface area contributed by atoms with Gasteiger partial charge in [0.1, 0.15) is 0 Å². The molecule has 2 bridgehead atoms. The Kier molecular flexibility index (Phi) is 1.14. The van der Waals surface area contributed by atoms with Gasteiger partial charge in [-0.3, -0.25) is 0 Å². The first kappa shape index (κ1) is 5.52. The third-order valence-electron chi connectivity index (χ3n) is 2.91. The summed E-state index contributed by atoms with van der Waals surface area (Å²) < 4.78 is 0. The zero-order chi connectivity index (χ0) is 6.27. The molecule has 9 heavy (non-hydrogen) atoms. The highest BCUT2D eigenvalue weighted by atomic mass is 14.4. The summed E-state index contributed by atoms with van der Waals surface area (Å²) in [6.45, 7) is 4.10. The van der Waals surface area contributed by atoms with E-state index in [1.165, 1.54) is 32.1 Å². The minimum atomic E-state index is 0.934. The van der Waals surface area contributed by atoms with E-state index in [0.29, 0.717) is 0 Å². The molecule has 0 aromatic carbocycles. The summed E-state index contributed by atoms with van der Waals surface area (Å²) in [6, 6.07) is 0. The summed E-state index contributed by atoms with van der Waals surface area (Å²) in [4.78, 5) is 0. The van der Waals surface area contributed by atoms with E-state index in [0.717, 1.165) is 11.8 Å². The van der Waals surface area contributed by atoms with E-state index in [2.05, 4.69) is 6.58 Å². The molecule has 2 unspecified atom stereocenters. The SMILES string of the molecule is C=C1CC2CCCC1C2. The van der Waals surface area contributed by atoms with Crippen molar-refractivity contribution in [2.24, 2.45) is 11.8 Å². The maximum Gasteiger partial charge on any atom is -0.0203 e. The fourth-order valence-electron chi connectivity index (χ4n) is 2.38. The maximum absolute atomic E-state index is 4.10. The van der Waals surface area contributed by atoms with Gasteiger partial charge in [-0.05, 0) is 31.1 Å². The van der Waals surface area contributed by atoms with Crippen LogP contribution in [0.1, 0.15) is 32.1 Å². The Morgan fingerprint density at radius 1 is 1.33 bits per heavy atom. The van der Waals surface area contributed by atoms with E-state index in [1.807, 2.05) is 0 Å². The van der Waals surface area contributed by atoms with Crippen molar-refractivity contribution in [3.8, 4) is 0 Å². The van der Waals surface area contributed by atoms with Gasteiger partial charge in [0.15, 0.2) is 0 Å². The van der Waals surface area contributed by atoms with Gasteiger partial charge < -0.3 is 0 Å². The van der Waals surface area contributed by atoms with Crippen LogP contribution in [0, 0.1) is 11.8 Å². The minimum absolute atomic E-state index is 0.934. The van der Waals surface area contributed by atoms with Gasteiger partial charge in [-0.15, -0.1) is 0 Å². The van der Waals surface area contributed by atoms with Crippen molar-refractivity contribution >= 4 is 0 Å². The van der Waals surface area contributed by atoms with Crippen LogP contribution in [0.2, 0.25) is 0 Å². The predicted octanol–water partition coefficient (Wildman–Crippen LogP) is 2.75. The molecule has 0 heterocycles. The average molecular weight is 122 g/mol. The highest BCUT2D eigenvalue weighted by Gasteiger charge is 2.30. The normalized spacial score (nSPS) is 41.6. The van der Waals surface area contributed by atoms with Crippen LogP contribution >= 0.6 is 0 Å². The molecule has 0 nitrogen and oxygen atoms in total. The van der Waals surface area contributed by atoms with Crippen LogP contribution in [0.25, 0.3) is 0 Å². The van der Waals surface area contributed by atoms with Crippen molar-refractivity contribution in [2.45, 2.75) is 32.1 Å². The fourth-order valence-corrected chi connectivity index (χ4v) is 2.38. The first-order valence-corrected chi connectivity index (χ1v) is 4.04. The first-order chi connectivity index (χ1) is 4.36. The van der Waals surface area contributed by atoms with Crippen LogP contribution in [-0.4, -0.2) is 0 Å². The van der Waals surface area contributed by atoms with Gasteiger partial charge in [0, 0.05) is 0 Å². The molecule has 2 rings (SSSR count). The topological polar surface area (TPSA) is 0 Å². The minimum Gasteiger partial charge on any atom is -0.0996 e. The monoisotopic (exact) mass is 122 g/mol. The summed E-state index contributed by atoms with van der Waals surface area (Å²) >= 11 is 0. The second-order valence-electron chi connectivity index (χ2n) is 3.59. The highest BCUT2D eigenvalue weighted by molar-refractivity contribution is 5.10. The third-order valence-corrected chi connectivity index (χ3v) is 2.91. The van der Waals surface area contributed by atoms with Crippen LogP contribution in [-0.2, 0) is 0 Å². The Labute approximate surface area is 57.0 Å². The van der Waals surface area contributed by atoms with E-state index in [-0.39, 0.29) is 0 Å². The number of hydrogen-bond donors (Lipinski definition) is 0. The van der Waals surface area contributed by atoms with E-state index in [1.54, 1.807) is 5.57 Å². The Morgan fingerprint density at radius 2 is 2.22 bits per heavy atom. The van der Waals surface area contributed by atoms with Gasteiger partial charge in [0.25, 0.3) is 0 Å². The molecule has 0 aromatic heterocycles. The van der Waals surface area contributed by atoms with Crippen LogP contribution in [0.5, 0.6) is 0 Å². The molecule has 0 radical (unpaired) electrons. The fraction of sp³-hybridized carbons (Fsp3) is 0.778. The second-order valence-corrected chi connectivity index (χ2v) is 3.59. The maximum atomic E-state index is 4.10. The number of allylic oxidation sites excluding steroid dienone is 1. The van der Waals surface area contributed by atoms with Crippen molar-refractivity contribution in [1.82, 2.24) is 0 Å². The lowest BCUT2D eigenvalue weighted by molar-refractivity contribution is 0.368. The van der Waals surface area contributed by atoms with Gasteiger partial charge in [0.2, 0.25) is 0 Å². The van der Waals surface area contributed by atoms with Gasteiger partial charge in [-0.1, -0.05) is 25.0 Å². The Bertz CT molecular complexity index is 135. The number of fused-ring (bicyclic) bond motifs is 2. The molecule has 0 aromatic rings. The van der Waals surface area contributed by atoms with Crippen LogP contribution in [0.3, 0.4) is 0 Å². The Hall–Kier alpha value is -0.260. The second kappa shape index (κ2) is 1.86. The molecule has 2 aliphatic rings. The van der Waals surface area contributed by atoms with Crippen LogP contribution < -0.4 is 0 Å². The van der Waals surface area contributed by atoms with Crippen molar-refractivity contribution in [3.05, 3.63) is 12.2 Å². The molecule has 0 saturated heterocycles. The van der Waals surface area contributed by atoms with Gasteiger partial charge >= 0.3 is 0 Å². The first-order valence-electron chi connectivity index (χ1n) is 4.04. The summed E-state index contributed by atoms with van der Waals surface area (Å²) in [5, 5.41) is 0. The molecule has 0 aliphatic heterocycles.